The number of anilines is 1. The fraction of sp³-hybridized carbons (Fsp3) is 0.679. The summed E-state index contributed by atoms with van der Waals surface area (Å²) >= 11 is 0. The summed E-state index contributed by atoms with van der Waals surface area (Å²) in [5, 5.41) is 9.91. The number of carbonyl (C=O) groups is 2. The zero-order valence-electron chi connectivity index (χ0n) is 26.5. The van der Waals surface area contributed by atoms with Crippen molar-refractivity contribution in [3.05, 3.63) is 36.0 Å². The number of ether oxygens (including phenoxy) is 1. The Balaban J connectivity index is 1.85. The van der Waals surface area contributed by atoms with Crippen LogP contribution in [0.25, 0.3) is 0 Å². The Hall–Kier alpha value is -2.88. The molecule has 0 radical (unpaired) electrons. The minimum atomic E-state index is -4.44. The van der Waals surface area contributed by atoms with Crippen LogP contribution in [0.1, 0.15) is 91.2 Å². The molecule has 0 saturated heterocycles. The summed E-state index contributed by atoms with van der Waals surface area (Å²) in [6.07, 6.45) is 3.87. The van der Waals surface area contributed by atoms with Crippen molar-refractivity contribution in [2.75, 3.05) is 11.9 Å². The van der Waals surface area contributed by atoms with Crippen LogP contribution >= 0.6 is 0 Å². The molecule has 15 heteroatoms. The standard InChI is InChI=1S/C28H46N6O7SSi/c1-17(2)43(18(3)4,19(5)6)41-24-13-21(12-20(24)15-39-42(37,38)34-27(36)40-28(7,8)9)32-26-22(14-29-16-30-26)25(35)23-10-11-31-33-23/h10-11,14,16-21,24H,12-13,15H2,1-9H3,(H,31,33)(H,34,36)(H,29,30,32)/t20-,21-,24+/m1/s1. The number of rotatable bonds is 13. The molecule has 0 unspecified atom stereocenters. The summed E-state index contributed by atoms with van der Waals surface area (Å²) in [6.45, 7) is 17.8. The number of aromatic nitrogens is 4. The molecule has 1 fully saturated rings. The first kappa shape index (κ1) is 34.6. The number of nitrogens with one attached hydrogen (secondary N) is 3. The van der Waals surface area contributed by atoms with Gasteiger partial charge in [0.05, 0.1) is 18.3 Å². The second-order valence-electron chi connectivity index (χ2n) is 13.0. The van der Waals surface area contributed by atoms with Crippen LogP contribution in [0.4, 0.5) is 10.6 Å². The Kier molecular flexibility index (Phi) is 11.1. The van der Waals surface area contributed by atoms with Gasteiger partial charge in [-0.05, 0) is 56.3 Å². The highest BCUT2D eigenvalue weighted by Gasteiger charge is 2.49. The molecule has 0 bridgehead atoms. The maximum absolute atomic E-state index is 13.1. The molecule has 2 aromatic heterocycles. The Morgan fingerprint density at radius 3 is 2.30 bits per heavy atom. The Morgan fingerprint density at radius 2 is 1.74 bits per heavy atom. The molecule has 0 spiro atoms. The van der Waals surface area contributed by atoms with Crippen molar-refractivity contribution in [2.24, 2.45) is 5.92 Å². The van der Waals surface area contributed by atoms with Gasteiger partial charge in [0.1, 0.15) is 23.4 Å². The second-order valence-corrected chi connectivity index (χ2v) is 19.7. The number of carbonyl (C=O) groups excluding carboxylic acids is 2. The normalized spacial score (nSPS) is 19.7. The van der Waals surface area contributed by atoms with Gasteiger partial charge in [0, 0.05) is 24.4 Å². The molecule has 240 valence electrons. The average Bonchev–Trinajstić information content (AvgIpc) is 3.54. The zero-order chi connectivity index (χ0) is 32.2. The van der Waals surface area contributed by atoms with E-state index < -0.39 is 30.3 Å². The summed E-state index contributed by atoms with van der Waals surface area (Å²) < 4.78 is 44.6. The van der Waals surface area contributed by atoms with E-state index in [1.807, 2.05) is 4.72 Å². The molecule has 3 N–H and O–H groups in total. The van der Waals surface area contributed by atoms with E-state index in [0.717, 1.165) is 0 Å². The molecule has 3 atom stereocenters. The van der Waals surface area contributed by atoms with Crippen LogP contribution in [-0.4, -0.2) is 73.1 Å². The second kappa shape index (κ2) is 13.8. The van der Waals surface area contributed by atoms with E-state index in [1.54, 1.807) is 26.8 Å². The van der Waals surface area contributed by atoms with Gasteiger partial charge in [-0.15, -0.1) is 0 Å². The van der Waals surface area contributed by atoms with Crippen molar-refractivity contribution in [2.45, 2.75) is 110 Å². The summed E-state index contributed by atoms with van der Waals surface area (Å²) in [5.41, 5.74) is 0.627. The van der Waals surface area contributed by atoms with Crippen LogP contribution in [-0.2, 0) is 23.7 Å². The van der Waals surface area contributed by atoms with Crippen LogP contribution < -0.4 is 10.0 Å². The smallest absolute Gasteiger partial charge is 0.423 e. The van der Waals surface area contributed by atoms with Crippen LogP contribution in [0.5, 0.6) is 0 Å². The van der Waals surface area contributed by atoms with Gasteiger partial charge >= 0.3 is 16.4 Å². The van der Waals surface area contributed by atoms with Gasteiger partial charge in [0.25, 0.3) is 0 Å². The summed E-state index contributed by atoms with van der Waals surface area (Å²) in [7, 11) is -6.80. The SMILES string of the molecule is CC(C)[Si](O[C@H]1C[C@H](Nc2ncncc2C(=O)c2ccn[nH]2)C[C@@H]1COS(=O)(=O)NC(=O)OC(C)(C)C)(C(C)C)C(C)C. The lowest BCUT2D eigenvalue weighted by Gasteiger charge is -2.45. The summed E-state index contributed by atoms with van der Waals surface area (Å²) in [5.74, 6) is -0.278. The largest absolute Gasteiger partial charge is 0.443 e. The highest BCUT2D eigenvalue weighted by atomic mass is 32.2. The molecule has 43 heavy (non-hydrogen) atoms. The minimum Gasteiger partial charge on any atom is -0.443 e. The van der Waals surface area contributed by atoms with E-state index >= 15 is 0 Å². The Bertz CT molecular complexity index is 1320. The highest BCUT2D eigenvalue weighted by Crippen LogP contribution is 2.46. The molecule has 1 saturated carbocycles. The fourth-order valence-corrected chi connectivity index (χ4v) is 12.4. The molecule has 13 nitrogen and oxygen atoms in total. The van der Waals surface area contributed by atoms with Crippen molar-refractivity contribution in [1.29, 1.82) is 0 Å². The third kappa shape index (κ3) is 8.83. The molecule has 2 heterocycles. The number of aromatic amines is 1. The predicted molar refractivity (Wildman–Crippen MR) is 164 cm³/mol. The van der Waals surface area contributed by atoms with Gasteiger partial charge in [-0.2, -0.15) is 18.2 Å². The first-order valence-electron chi connectivity index (χ1n) is 14.6. The van der Waals surface area contributed by atoms with Crippen molar-refractivity contribution >= 4 is 36.3 Å². The Morgan fingerprint density at radius 1 is 1.09 bits per heavy atom. The molecule has 1 aliphatic carbocycles. The number of ketones is 1. The third-order valence-corrected chi connectivity index (χ3v) is 14.8. The maximum atomic E-state index is 13.1. The number of nitrogens with zero attached hydrogens (tertiary/aromatic N) is 3. The number of amides is 1. The van der Waals surface area contributed by atoms with Crippen molar-refractivity contribution in [3.63, 3.8) is 0 Å². The van der Waals surface area contributed by atoms with E-state index in [9.17, 15) is 18.0 Å². The maximum Gasteiger partial charge on any atom is 0.423 e. The first-order chi connectivity index (χ1) is 19.9. The molecule has 3 rings (SSSR count). The van der Waals surface area contributed by atoms with Gasteiger partial charge in [0.2, 0.25) is 14.1 Å². The van der Waals surface area contributed by atoms with E-state index in [-0.39, 0.29) is 36.0 Å². The minimum absolute atomic E-state index is 0.205. The number of H-pyrrole nitrogens is 1. The zero-order valence-corrected chi connectivity index (χ0v) is 28.3. The average molecular weight is 639 g/mol. The first-order valence-corrected chi connectivity index (χ1v) is 18.2. The van der Waals surface area contributed by atoms with Crippen LogP contribution in [0.3, 0.4) is 0 Å². The van der Waals surface area contributed by atoms with Crippen molar-refractivity contribution in [1.82, 2.24) is 24.9 Å². The van der Waals surface area contributed by atoms with Gasteiger partial charge in [-0.25, -0.2) is 14.8 Å². The van der Waals surface area contributed by atoms with Crippen LogP contribution in [0.15, 0.2) is 24.8 Å². The van der Waals surface area contributed by atoms with Gasteiger partial charge in [-0.1, -0.05) is 41.5 Å². The fourth-order valence-electron chi connectivity index (χ4n) is 6.13. The van der Waals surface area contributed by atoms with Gasteiger partial charge < -0.3 is 14.5 Å². The number of hydrogen-bond acceptors (Lipinski definition) is 11. The quantitative estimate of drug-likeness (QED) is 0.200. The molecule has 1 amide bonds. The van der Waals surface area contributed by atoms with E-state index in [4.69, 9.17) is 13.3 Å². The van der Waals surface area contributed by atoms with E-state index in [2.05, 4.69) is 67.0 Å². The molecule has 2 aromatic rings. The monoisotopic (exact) mass is 638 g/mol. The predicted octanol–water partition coefficient (Wildman–Crippen LogP) is 4.97. The number of hydrogen-bond donors (Lipinski definition) is 3. The van der Waals surface area contributed by atoms with Crippen LogP contribution in [0, 0.1) is 5.92 Å². The summed E-state index contributed by atoms with van der Waals surface area (Å²) in [6, 6.07) is 1.37. The van der Waals surface area contributed by atoms with Gasteiger partial charge in [-0.3, -0.25) is 14.1 Å². The van der Waals surface area contributed by atoms with Crippen LogP contribution in [0.2, 0.25) is 16.6 Å². The third-order valence-electron chi connectivity index (χ3n) is 7.78. The molecule has 1 aliphatic rings. The lowest BCUT2D eigenvalue weighted by molar-refractivity contribution is 0.0559. The highest BCUT2D eigenvalue weighted by molar-refractivity contribution is 7.85. The molecular formula is C28H46N6O7SSi. The lowest BCUT2D eigenvalue weighted by Crippen LogP contribution is -2.51. The van der Waals surface area contributed by atoms with E-state index in [1.165, 1.54) is 18.7 Å². The Labute approximate surface area is 255 Å². The molecular weight excluding hydrogens is 592 g/mol. The van der Waals surface area contributed by atoms with Crippen molar-refractivity contribution in [3.8, 4) is 0 Å². The topological polar surface area (TPSA) is 174 Å². The van der Waals surface area contributed by atoms with Crippen molar-refractivity contribution < 1.29 is 31.4 Å². The summed E-state index contributed by atoms with van der Waals surface area (Å²) in [4.78, 5) is 33.6. The van der Waals surface area contributed by atoms with E-state index in [0.29, 0.717) is 41.0 Å². The lowest BCUT2D eigenvalue weighted by atomic mass is 10.1. The van der Waals surface area contributed by atoms with Gasteiger partial charge in [0.15, 0.2) is 0 Å². The molecule has 0 aliphatic heterocycles. The molecule has 0 aromatic carbocycles.